The molecule has 0 aliphatic heterocycles. The molecule has 2 unspecified atom stereocenters. The van der Waals surface area contributed by atoms with Gasteiger partial charge in [-0.05, 0) is 82.5 Å². The maximum absolute atomic E-state index is 15.3. The third-order valence-corrected chi connectivity index (χ3v) is 9.60. The number of unbranched alkanes of at least 4 members (excludes halogenated alkanes) is 1. The first-order chi connectivity index (χ1) is 21.2. The van der Waals surface area contributed by atoms with Gasteiger partial charge in [0, 0.05) is 41.0 Å². The van der Waals surface area contributed by atoms with Crippen molar-refractivity contribution < 1.29 is 19.1 Å². The van der Waals surface area contributed by atoms with Crippen molar-refractivity contribution in [1.82, 2.24) is 15.1 Å². The smallest absolute Gasteiger partial charge is 0.305 e. The second kappa shape index (κ2) is 13.8. The van der Waals surface area contributed by atoms with E-state index in [0.29, 0.717) is 17.0 Å². The van der Waals surface area contributed by atoms with Crippen LogP contribution in [0.15, 0.2) is 76.7 Å². The molecule has 2 N–H and O–H groups in total. The summed E-state index contributed by atoms with van der Waals surface area (Å²) < 4.78 is 18.1. The molecule has 9 heteroatoms. The van der Waals surface area contributed by atoms with Crippen LogP contribution in [-0.2, 0) is 16.6 Å². The molecule has 2 aromatic heterocycles. The highest BCUT2D eigenvalue weighted by molar-refractivity contribution is 7.18. The Kier molecular flexibility index (Phi) is 9.87. The fraction of sp³-hybridized carbons (Fsp3) is 0.343. The molecule has 0 saturated heterocycles. The van der Waals surface area contributed by atoms with Gasteiger partial charge in [-0.25, -0.2) is 4.39 Å². The van der Waals surface area contributed by atoms with E-state index in [2.05, 4.69) is 41.1 Å². The zero-order valence-electron chi connectivity index (χ0n) is 25.0. The fourth-order valence-electron chi connectivity index (χ4n) is 6.15. The van der Waals surface area contributed by atoms with Gasteiger partial charge in [0.05, 0.1) is 17.7 Å². The van der Waals surface area contributed by atoms with Crippen molar-refractivity contribution in [3.8, 4) is 11.3 Å². The maximum Gasteiger partial charge on any atom is 0.305 e. The largest absolute Gasteiger partial charge is 0.481 e. The lowest BCUT2D eigenvalue weighted by molar-refractivity contribution is -0.136. The number of nitrogens with zero attached hydrogens (tertiary/aromatic N) is 2. The number of carbonyl (C=O) groups is 2. The van der Waals surface area contributed by atoms with E-state index < -0.39 is 5.97 Å². The molecule has 2 aromatic carbocycles. The number of carbonyl (C=O) groups excluding carboxylic acids is 1. The Morgan fingerprint density at radius 3 is 2.66 bits per heavy atom. The van der Waals surface area contributed by atoms with Crippen molar-refractivity contribution in [3.63, 3.8) is 0 Å². The molecular formula is C35H35ClFN3O3S. The molecule has 3 atom stereocenters. The van der Waals surface area contributed by atoms with Crippen LogP contribution in [-0.4, -0.2) is 33.3 Å². The van der Waals surface area contributed by atoms with Crippen LogP contribution in [0.1, 0.15) is 63.0 Å². The number of rotatable bonds is 12. The van der Waals surface area contributed by atoms with Crippen molar-refractivity contribution in [1.29, 1.82) is 0 Å². The Balaban J connectivity index is 1.67. The van der Waals surface area contributed by atoms with E-state index in [-0.39, 0.29) is 42.4 Å². The van der Waals surface area contributed by atoms with Crippen molar-refractivity contribution in [2.75, 3.05) is 6.54 Å². The van der Waals surface area contributed by atoms with E-state index in [1.54, 1.807) is 34.3 Å². The summed E-state index contributed by atoms with van der Waals surface area (Å²) in [5, 5.41) is 19.6. The van der Waals surface area contributed by atoms with Gasteiger partial charge < -0.3 is 10.4 Å². The molecule has 0 radical (unpaired) electrons. The molecule has 6 nitrogen and oxygen atoms in total. The van der Waals surface area contributed by atoms with Crippen molar-refractivity contribution in [2.24, 2.45) is 18.9 Å². The topological polar surface area (TPSA) is 84.2 Å². The number of halogens is 2. The number of carboxylic acids is 1. The predicted octanol–water partition coefficient (Wildman–Crippen LogP) is 8.27. The normalized spacial score (nSPS) is 16.0. The number of aryl methyl sites for hydroxylation is 1. The standard InChI is InChI=1S/C35H35ClFN3O3S/c1-4-5-6-27(26-12-9-23(17-21(26)2)35(43)38-15-14-32(41)42)33(22-7-10-24(36)11-8-22)30-20-44-34-28(30)18-25(37)19-29(34)31-13-16-39-40(31)3/h7-8,10-11,13,16,18-21,27,33H,4-6,14-15,17H2,1-3H3,(H,38,43)(H,41,42)/t21?,27-,33?/m1/s1. The summed E-state index contributed by atoms with van der Waals surface area (Å²) in [5.41, 5.74) is 11.8. The van der Waals surface area contributed by atoms with Crippen molar-refractivity contribution >= 4 is 44.9 Å². The first-order valence-corrected chi connectivity index (χ1v) is 16.1. The van der Waals surface area contributed by atoms with Crippen LogP contribution in [0.25, 0.3) is 21.3 Å². The SMILES string of the molecule is CCCC[C@H](C1=C=C=C(C(=O)NCCC(=O)O)CC1C)C(c1ccc(Cl)cc1)c1csc2c(-c3ccnn3C)cc(F)cc12. The van der Waals surface area contributed by atoms with E-state index in [1.165, 1.54) is 0 Å². The van der Waals surface area contributed by atoms with Crippen LogP contribution in [0.2, 0.25) is 5.02 Å². The number of thiophene rings is 1. The summed E-state index contributed by atoms with van der Waals surface area (Å²) in [5.74, 6) is -1.69. The minimum Gasteiger partial charge on any atom is -0.481 e. The van der Waals surface area contributed by atoms with Crippen LogP contribution in [0.4, 0.5) is 4.39 Å². The molecule has 228 valence electrons. The average molecular weight is 632 g/mol. The van der Waals surface area contributed by atoms with Crippen LogP contribution in [0, 0.1) is 17.7 Å². The van der Waals surface area contributed by atoms with Crippen molar-refractivity contribution in [3.05, 3.63) is 98.6 Å². The fourth-order valence-corrected chi connectivity index (χ4v) is 7.39. The van der Waals surface area contributed by atoms with Gasteiger partial charge in [-0.3, -0.25) is 14.3 Å². The second-order valence-electron chi connectivity index (χ2n) is 11.3. The number of carboxylic acid groups (broad SMARTS) is 1. The molecule has 0 fully saturated rings. The second-order valence-corrected chi connectivity index (χ2v) is 12.6. The Bertz CT molecular complexity index is 1800. The number of hydrogen-bond donors (Lipinski definition) is 2. The van der Waals surface area contributed by atoms with Gasteiger partial charge in [-0.1, -0.05) is 61.9 Å². The quantitative estimate of drug-likeness (QED) is 0.154. The lowest BCUT2D eigenvalue weighted by atomic mass is 9.70. The van der Waals surface area contributed by atoms with E-state index in [4.69, 9.17) is 16.7 Å². The summed E-state index contributed by atoms with van der Waals surface area (Å²) >= 11 is 7.93. The Hall–Kier alpha value is -3.93. The van der Waals surface area contributed by atoms with Crippen LogP contribution in [0.5, 0.6) is 0 Å². The van der Waals surface area contributed by atoms with E-state index >= 15 is 4.39 Å². The highest BCUT2D eigenvalue weighted by Crippen LogP contribution is 2.48. The van der Waals surface area contributed by atoms with Gasteiger partial charge >= 0.3 is 5.97 Å². The third kappa shape index (κ3) is 6.74. The number of aromatic nitrogens is 2. The zero-order valence-corrected chi connectivity index (χ0v) is 26.6. The molecule has 0 saturated carbocycles. The Morgan fingerprint density at radius 2 is 2.00 bits per heavy atom. The highest BCUT2D eigenvalue weighted by Gasteiger charge is 2.34. The van der Waals surface area contributed by atoms with Gasteiger partial charge in [0.2, 0.25) is 0 Å². The van der Waals surface area contributed by atoms with Crippen LogP contribution < -0.4 is 5.32 Å². The maximum atomic E-state index is 15.3. The summed E-state index contributed by atoms with van der Waals surface area (Å²) in [6.07, 6.45) is 4.91. The average Bonchev–Trinajstić information content (AvgIpc) is 3.61. The molecule has 0 bridgehead atoms. The first kappa shape index (κ1) is 31.5. The van der Waals surface area contributed by atoms with Gasteiger partial charge in [0.25, 0.3) is 5.91 Å². The highest BCUT2D eigenvalue weighted by atomic mass is 35.5. The molecule has 1 amide bonds. The molecular weight excluding hydrogens is 597 g/mol. The van der Waals surface area contributed by atoms with E-state index in [0.717, 1.165) is 57.3 Å². The zero-order chi connectivity index (χ0) is 31.4. The van der Waals surface area contributed by atoms with E-state index in [9.17, 15) is 9.59 Å². The molecule has 4 aromatic rings. The number of hydrogen-bond acceptors (Lipinski definition) is 4. The minimum absolute atomic E-state index is 0.000213. The molecule has 5 rings (SSSR count). The predicted molar refractivity (Wildman–Crippen MR) is 173 cm³/mol. The van der Waals surface area contributed by atoms with Crippen LogP contribution in [0.3, 0.4) is 0 Å². The number of amides is 1. The molecule has 1 aliphatic carbocycles. The van der Waals surface area contributed by atoms with E-state index in [1.807, 2.05) is 37.4 Å². The number of allylic oxidation sites excluding steroid dienone is 1. The van der Waals surface area contributed by atoms with Crippen LogP contribution >= 0.6 is 22.9 Å². The van der Waals surface area contributed by atoms with Gasteiger partial charge in [-0.2, -0.15) is 5.10 Å². The lowest BCUT2D eigenvalue weighted by Crippen LogP contribution is -2.29. The minimum atomic E-state index is -0.964. The number of benzene rings is 2. The molecule has 1 aliphatic rings. The third-order valence-electron chi connectivity index (χ3n) is 8.30. The van der Waals surface area contributed by atoms with Crippen molar-refractivity contribution in [2.45, 2.75) is 51.9 Å². The monoisotopic (exact) mass is 631 g/mol. The molecule has 0 spiro atoms. The Labute approximate surface area is 265 Å². The molecule has 44 heavy (non-hydrogen) atoms. The summed E-state index contributed by atoms with van der Waals surface area (Å²) in [7, 11) is 1.86. The number of nitrogens with one attached hydrogen (secondary N) is 1. The molecule has 2 heterocycles. The number of aliphatic carboxylic acids is 1. The van der Waals surface area contributed by atoms with Gasteiger partial charge in [0.15, 0.2) is 0 Å². The summed E-state index contributed by atoms with van der Waals surface area (Å²) in [6.45, 7) is 4.32. The van der Waals surface area contributed by atoms with Gasteiger partial charge in [-0.15, -0.1) is 11.3 Å². The summed E-state index contributed by atoms with van der Waals surface area (Å²) in [6, 6.07) is 13.0. The lowest BCUT2D eigenvalue weighted by Gasteiger charge is -2.33. The number of fused-ring (bicyclic) bond motifs is 1. The van der Waals surface area contributed by atoms with Gasteiger partial charge in [0.1, 0.15) is 5.82 Å². The Morgan fingerprint density at radius 1 is 1.23 bits per heavy atom. The summed E-state index contributed by atoms with van der Waals surface area (Å²) in [4.78, 5) is 23.7. The first-order valence-electron chi connectivity index (χ1n) is 14.9.